The number of likely N-dealkylation sites (N-methyl/N-ethyl adjacent to an activating group) is 1. The Kier molecular flexibility index (Phi) is 6.48. The molecule has 96 valence electrons. The molecule has 1 aromatic rings. The Balaban J connectivity index is 2.37. The van der Waals surface area contributed by atoms with Crippen molar-refractivity contribution in [2.24, 2.45) is 5.92 Å². The first-order chi connectivity index (χ1) is 8.22. The Hall–Kier alpha value is -1.22. The Bertz CT molecular complexity index is 313. The van der Waals surface area contributed by atoms with Crippen LogP contribution < -0.4 is 15.4 Å². The van der Waals surface area contributed by atoms with E-state index in [-0.39, 0.29) is 0 Å². The van der Waals surface area contributed by atoms with E-state index in [0.29, 0.717) is 5.92 Å². The highest BCUT2D eigenvalue weighted by molar-refractivity contribution is 5.48. The van der Waals surface area contributed by atoms with E-state index < -0.39 is 0 Å². The molecule has 0 aliphatic carbocycles. The normalized spacial score (nSPS) is 10.6. The van der Waals surface area contributed by atoms with Crippen molar-refractivity contribution in [1.29, 1.82) is 0 Å². The summed E-state index contributed by atoms with van der Waals surface area (Å²) in [6, 6.07) is 8.13. The van der Waals surface area contributed by atoms with E-state index in [0.717, 1.165) is 37.7 Å². The molecule has 0 heterocycles. The van der Waals surface area contributed by atoms with Gasteiger partial charge in [-0.25, -0.2) is 0 Å². The molecule has 0 fully saturated rings. The second kappa shape index (κ2) is 7.96. The number of nitrogens with one attached hydrogen (secondary N) is 2. The average molecular weight is 236 g/mol. The van der Waals surface area contributed by atoms with Gasteiger partial charge in [-0.3, -0.25) is 0 Å². The van der Waals surface area contributed by atoms with Crippen LogP contribution in [0.5, 0.6) is 5.75 Å². The van der Waals surface area contributed by atoms with E-state index in [1.807, 2.05) is 18.2 Å². The van der Waals surface area contributed by atoms with Gasteiger partial charge in [0.2, 0.25) is 0 Å². The van der Waals surface area contributed by atoms with E-state index in [1.54, 1.807) is 0 Å². The molecule has 2 N–H and O–H groups in total. The molecule has 0 spiro atoms. The highest BCUT2D eigenvalue weighted by Gasteiger charge is 1.98. The average Bonchev–Trinajstić information content (AvgIpc) is 2.33. The van der Waals surface area contributed by atoms with Crippen LogP contribution in [0.2, 0.25) is 0 Å². The predicted molar refractivity (Wildman–Crippen MR) is 73.8 cm³/mol. The van der Waals surface area contributed by atoms with Crippen LogP contribution in [0.15, 0.2) is 24.3 Å². The lowest BCUT2D eigenvalue weighted by molar-refractivity contribution is 0.271. The molecule has 3 heteroatoms. The number of hydrogen-bond acceptors (Lipinski definition) is 3. The van der Waals surface area contributed by atoms with Crippen LogP contribution in [-0.4, -0.2) is 26.2 Å². The van der Waals surface area contributed by atoms with Gasteiger partial charge in [-0.1, -0.05) is 26.8 Å². The Morgan fingerprint density at radius 1 is 1.24 bits per heavy atom. The van der Waals surface area contributed by atoms with Gasteiger partial charge in [0.05, 0.1) is 6.61 Å². The van der Waals surface area contributed by atoms with Crippen molar-refractivity contribution in [2.45, 2.75) is 20.8 Å². The first-order valence-corrected chi connectivity index (χ1v) is 6.39. The molecule has 1 aromatic carbocycles. The summed E-state index contributed by atoms with van der Waals surface area (Å²) in [5.74, 6) is 1.49. The lowest BCUT2D eigenvalue weighted by atomic mass is 10.2. The van der Waals surface area contributed by atoms with Gasteiger partial charge in [-0.15, -0.1) is 0 Å². The van der Waals surface area contributed by atoms with Crippen LogP contribution in [0.4, 0.5) is 5.69 Å². The zero-order chi connectivity index (χ0) is 12.5. The fourth-order valence-electron chi connectivity index (χ4n) is 1.43. The molecule has 0 unspecified atom stereocenters. The topological polar surface area (TPSA) is 33.3 Å². The van der Waals surface area contributed by atoms with Gasteiger partial charge < -0.3 is 15.4 Å². The van der Waals surface area contributed by atoms with Crippen LogP contribution in [0, 0.1) is 5.92 Å². The SMILES string of the molecule is CCNCCNc1cccc(OCC(C)C)c1. The molecule has 0 saturated carbocycles. The Morgan fingerprint density at radius 2 is 2.06 bits per heavy atom. The smallest absolute Gasteiger partial charge is 0.121 e. The molecule has 0 bridgehead atoms. The van der Waals surface area contributed by atoms with Crippen molar-refractivity contribution in [2.75, 3.05) is 31.6 Å². The van der Waals surface area contributed by atoms with E-state index in [1.165, 1.54) is 0 Å². The standard InChI is InChI=1S/C14H24N2O/c1-4-15-8-9-16-13-6-5-7-14(10-13)17-11-12(2)3/h5-7,10,12,15-16H,4,8-9,11H2,1-3H3. The van der Waals surface area contributed by atoms with Gasteiger partial charge in [0.1, 0.15) is 5.75 Å². The summed E-state index contributed by atoms with van der Waals surface area (Å²) in [6.45, 7) is 10.1. The summed E-state index contributed by atoms with van der Waals surface area (Å²) >= 11 is 0. The lowest BCUT2D eigenvalue weighted by Gasteiger charge is -2.11. The molecule has 0 aromatic heterocycles. The van der Waals surface area contributed by atoms with Crippen LogP contribution in [0.1, 0.15) is 20.8 Å². The van der Waals surface area contributed by atoms with Crippen molar-refractivity contribution in [3.8, 4) is 5.75 Å². The second-order valence-corrected chi connectivity index (χ2v) is 4.51. The Labute approximate surface area is 105 Å². The fraction of sp³-hybridized carbons (Fsp3) is 0.571. The quantitative estimate of drug-likeness (QED) is 0.681. The number of rotatable bonds is 8. The lowest BCUT2D eigenvalue weighted by Crippen LogP contribution is -2.21. The summed E-state index contributed by atoms with van der Waals surface area (Å²) in [7, 11) is 0. The summed E-state index contributed by atoms with van der Waals surface area (Å²) < 4.78 is 5.68. The number of ether oxygens (including phenoxy) is 1. The van der Waals surface area contributed by atoms with Gasteiger partial charge in [0.15, 0.2) is 0 Å². The number of anilines is 1. The summed E-state index contributed by atoms with van der Waals surface area (Å²) in [5.41, 5.74) is 1.11. The van der Waals surface area contributed by atoms with Crippen LogP contribution in [0.25, 0.3) is 0 Å². The third kappa shape index (κ3) is 6.17. The Morgan fingerprint density at radius 3 is 2.76 bits per heavy atom. The maximum Gasteiger partial charge on any atom is 0.121 e. The number of benzene rings is 1. The maximum atomic E-state index is 5.68. The summed E-state index contributed by atoms with van der Waals surface area (Å²) in [5, 5.41) is 6.64. The third-order valence-electron chi connectivity index (χ3n) is 2.30. The van der Waals surface area contributed by atoms with Gasteiger partial charge in [0.25, 0.3) is 0 Å². The molecule has 1 rings (SSSR count). The molecular weight excluding hydrogens is 212 g/mol. The number of hydrogen-bond donors (Lipinski definition) is 2. The molecule has 3 nitrogen and oxygen atoms in total. The van der Waals surface area contributed by atoms with E-state index in [9.17, 15) is 0 Å². The van der Waals surface area contributed by atoms with Crippen molar-refractivity contribution >= 4 is 5.69 Å². The van der Waals surface area contributed by atoms with Gasteiger partial charge in [-0.05, 0) is 24.6 Å². The molecule has 0 radical (unpaired) electrons. The fourth-order valence-corrected chi connectivity index (χ4v) is 1.43. The zero-order valence-electron chi connectivity index (χ0n) is 11.1. The zero-order valence-corrected chi connectivity index (χ0v) is 11.1. The largest absolute Gasteiger partial charge is 0.493 e. The molecule has 0 atom stereocenters. The highest BCUT2D eigenvalue weighted by Crippen LogP contribution is 2.17. The molecule has 0 amide bonds. The predicted octanol–water partition coefficient (Wildman–Crippen LogP) is 2.74. The summed E-state index contributed by atoms with van der Waals surface area (Å²) in [4.78, 5) is 0. The third-order valence-corrected chi connectivity index (χ3v) is 2.30. The van der Waals surface area contributed by atoms with E-state index in [2.05, 4.69) is 37.5 Å². The first-order valence-electron chi connectivity index (χ1n) is 6.39. The molecular formula is C14H24N2O. The molecule has 17 heavy (non-hydrogen) atoms. The van der Waals surface area contributed by atoms with Crippen molar-refractivity contribution < 1.29 is 4.74 Å². The monoisotopic (exact) mass is 236 g/mol. The minimum absolute atomic E-state index is 0.556. The van der Waals surface area contributed by atoms with Gasteiger partial charge in [-0.2, -0.15) is 0 Å². The molecule has 0 aliphatic rings. The summed E-state index contributed by atoms with van der Waals surface area (Å²) in [6.07, 6.45) is 0. The van der Waals surface area contributed by atoms with Crippen LogP contribution >= 0.6 is 0 Å². The van der Waals surface area contributed by atoms with Crippen LogP contribution in [0.3, 0.4) is 0 Å². The van der Waals surface area contributed by atoms with Gasteiger partial charge >= 0.3 is 0 Å². The molecule has 0 aliphatic heterocycles. The van der Waals surface area contributed by atoms with Crippen LogP contribution in [-0.2, 0) is 0 Å². The highest BCUT2D eigenvalue weighted by atomic mass is 16.5. The first kappa shape index (κ1) is 13.8. The minimum atomic E-state index is 0.556. The second-order valence-electron chi connectivity index (χ2n) is 4.51. The van der Waals surface area contributed by atoms with Gasteiger partial charge in [0, 0.05) is 24.8 Å². The van der Waals surface area contributed by atoms with E-state index >= 15 is 0 Å². The van der Waals surface area contributed by atoms with Crippen molar-refractivity contribution in [1.82, 2.24) is 5.32 Å². The maximum absolute atomic E-state index is 5.68. The molecule has 0 saturated heterocycles. The van der Waals surface area contributed by atoms with Crippen molar-refractivity contribution in [3.05, 3.63) is 24.3 Å². The minimum Gasteiger partial charge on any atom is -0.493 e. The van der Waals surface area contributed by atoms with E-state index in [4.69, 9.17) is 4.74 Å². The van der Waals surface area contributed by atoms with Crippen molar-refractivity contribution in [3.63, 3.8) is 0 Å².